The number of nitrogens with zero attached hydrogens (tertiary/aromatic N) is 4. The van der Waals surface area contributed by atoms with Gasteiger partial charge in [0.25, 0.3) is 0 Å². The average Bonchev–Trinajstić information content (AvgIpc) is 4.10. The molecule has 6 heteroatoms. The van der Waals surface area contributed by atoms with Gasteiger partial charge in [0, 0.05) is 101 Å². The summed E-state index contributed by atoms with van der Waals surface area (Å²) in [6.07, 6.45) is 18.0. The van der Waals surface area contributed by atoms with E-state index in [0.29, 0.717) is 0 Å². The highest BCUT2D eigenvalue weighted by molar-refractivity contribution is 7.98. The zero-order chi connectivity index (χ0) is 50.1. The van der Waals surface area contributed by atoms with Gasteiger partial charge in [-0.25, -0.2) is 0 Å². The van der Waals surface area contributed by atoms with E-state index in [4.69, 9.17) is 13.2 Å². The molecule has 0 saturated carbocycles. The van der Waals surface area contributed by atoms with Gasteiger partial charge in [-0.05, 0) is 158 Å². The molecule has 4 nitrogen and oxygen atoms in total. The van der Waals surface area contributed by atoms with Gasteiger partial charge in [-0.15, -0.1) is 23.5 Å². The lowest BCUT2D eigenvalue weighted by atomic mass is 9.75. The lowest BCUT2D eigenvalue weighted by Gasteiger charge is -2.27. The Morgan fingerprint density at radius 3 is 1.14 bits per heavy atom. The molecule has 0 N–H and O–H groups in total. The van der Waals surface area contributed by atoms with Crippen LogP contribution in [0.5, 0.6) is 0 Å². The normalized spacial score (nSPS) is 13.4. The van der Waals surface area contributed by atoms with Crippen LogP contribution in [0.25, 0.3) is 43.6 Å². The Morgan fingerprint density at radius 1 is 0.438 bits per heavy atom. The predicted molar refractivity (Wildman–Crippen MR) is 317 cm³/mol. The number of benzene rings is 8. The SMILES string of the molecule is C=C(/C=C\C1=CC(c2ccccc2)(c2ccccc2)C=C1/C=C\C(=C)N(c1ccccc1)c1ccc2c(c1)c1cc(SC)ccc1n2CC)N(c1ccccc1)c1ccc2c(c1)c1cc(SC)ccc1n2CC. The van der Waals surface area contributed by atoms with Gasteiger partial charge in [0.15, 0.2) is 0 Å². The molecule has 0 radical (unpaired) electrons. The fourth-order valence-electron chi connectivity index (χ4n) is 10.9. The van der Waals surface area contributed by atoms with Crippen LogP contribution in [0.15, 0.2) is 276 Å². The Labute approximate surface area is 438 Å². The van der Waals surface area contributed by atoms with Crippen molar-refractivity contribution in [1.82, 2.24) is 9.13 Å². The van der Waals surface area contributed by atoms with E-state index in [1.807, 2.05) is 0 Å². The van der Waals surface area contributed by atoms with Crippen LogP contribution >= 0.6 is 23.5 Å². The van der Waals surface area contributed by atoms with Gasteiger partial charge < -0.3 is 18.9 Å². The molecule has 0 unspecified atom stereocenters. The Kier molecular flexibility index (Phi) is 13.2. The summed E-state index contributed by atoms with van der Waals surface area (Å²) in [6, 6.07) is 70.2. The number of rotatable bonds is 16. The van der Waals surface area contributed by atoms with E-state index in [1.54, 1.807) is 23.5 Å². The summed E-state index contributed by atoms with van der Waals surface area (Å²) in [5, 5.41) is 4.98. The number of para-hydroxylation sites is 2. The molecule has 1 aliphatic rings. The lowest BCUT2D eigenvalue weighted by molar-refractivity contribution is 0.826. The van der Waals surface area contributed by atoms with Crippen LogP contribution in [0.4, 0.5) is 22.7 Å². The minimum atomic E-state index is -0.537. The molecule has 0 spiro atoms. The summed E-state index contributed by atoms with van der Waals surface area (Å²) in [5.74, 6) is 0. The molecule has 10 aromatic rings. The van der Waals surface area contributed by atoms with Crippen molar-refractivity contribution in [3.05, 3.63) is 277 Å². The molecule has 0 saturated heterocycles. The first-order valence-electron chi connectivity index (χ1n) is 25.0. The standard InChI is InChI=1S/C67H58N4S2/c1-7-68-63-37-33-55(41-59(63)61-43-57(72-5)35-39-65(61)68)70(53-25-17-11-18-26-53)47(3)29-31-49-45-67(51-21-13-9-14-22-51,52-23-15-10-16-24-52)46-50(49)32-30-48(4)71(54-27-19-12-20-28-54)56-34-38-64-60(42-56)62-44-58(73-6)36-40-66(62)69(64)8-2/h9-46H,3-4,7-8H2,1-2,5-6H3/b31-29-,32-30-. The summed E-state index contributed by atoms with van der Waals surface area (Å²) in [7, 11) is 0. The van der Waals surface area contributed by atoms with Gasteiger partial charge >= 0.3 is 0 Å². The van der Waals surface area contributed by atoms with Crippen molar-refractivity contribution in [2.45, 2.75) is 42.1 Å². The van der Waals surface area contributed by atoms with Crippen LogP contribution < -0.4 is 9.80 Å². The molecule has 8 aromatic carbocycles. The molecule has 0 bridgehead atoms. The highest BCUT2D eigenvalue weighted by atomic mass is 32.2. The zero-order valence-electron chi connectivity index (χ0n) is 41.9. The summed E-state index contributed by atoms with van der Waals surface area (Å²) < 4.78 is 4.83. The first-order valence-corrected chi connectivity index (χ1v) is 27.5. The van der Waals surface area contributed by atoms with E-state index in [2.05, 4.69) is 276 Å². The van der Waals surface area contributed by atoms with E-state index in [-0.39, 0.29) is 0 Å². The minimum Gasteiger partial charge on any atom is -0.341 e. The zero-order valence-corrected chi connectivity index (χ0v) is 43.5. The third-order valence-corrected chi connectivity index (χ3v) is 15.8. The third-order valence-electron chi connectivity index (χ3n) is 14.4. The molecule has 2 aromatic heterocycles. The number of hydrogen-bond donors (Lipinski definition) is 0. The monoisotopic (exact) mass is 982 g/mol. The maximum absolute atomic E-state index is 4.80. The second-order valence-electron chi connectivity index (χ2n) is 18.4. The van der Waals surface area contributed by atoms with Crippen LogP contribution in [-0.2, 0) is 18.5 Å². The number of anilines is 4. The highest BCUT2D eigenvalue weighted by Crippen LogP contribution is 2.45. The molecule has 11 rings (SSSR count). The number of hydrogen-bond acceptors (Lipinski definition) is 4. The molecule has 73 heavy (non-hydrogen) atoms. The maximum atomic E-state index is 4.80. The molecular weight excluding hydrogens is 925 g/mol. The van der Waals surface area contributed by atoms with E-state index >= 15 is 0 Å². The summed E-state index contributed by atoms with van der Waals surface area (Å²) in [6.45, 7) is 15.8. The van der Waals surface area contributed by atoms with Gasteiger partial charge in [-0.1, -0.05) is 135 Å². The highest BCUT2D eigenvalue weighted by Gasteiger charge is 2.35. The Balaban J connectivity index is 1.02. The fraction of sp³-hybridized carbons (Fsp3) is 0.104. The summed E-state index contributed by atoms with van der Waals surface area (Å²) >= 11 is 3.56. The van der Waals surface area contributed by atoms with E-state index in [9.17, 15) is 0 Å². The molecule has 0 amide bonds. The van der Waals surface area contributed by atoms with E-state index in [0.717, 1.165) is 58.4 Å². The van der Waals surface area contributed by atoms with Crippen molar-refractivity contribution in [2.24, 2.45) is 0 Å². The van der Waals surface area contributed by atoms with Gasteiger partial charge in [-0.2, -0.15) is 0 Å². The van der Waals surface area contributed by atoms with Crippen LogP contribution in [-0.4, -0.2) is 21.6 Å². The Hall–Kier alpha value is -7.90. The second kappa shape index (κ2) is 20.3. The van der Waals surface area contributed by atoms with Gasteiger partial charge in [-0.3, -0.25) is 0 Å². The molecule has 2 heterocycles. The molecule has 0 fully saturated rings. The molecule has 0 atom stereocenters. The number of allylic oxidation sites excluding steroid dienone is 8. The van der Waals surface area contributed by atoms with Crippen LogP contribution in [0, 0.1) is 0 Å². The van der Waals surface area contributed by atoms with Crippen molar-refractivity contribution < 1.29 is 0 Å². The summed E-state index contributed by atoms with van der Waals surface area (Å²) in [4.78, 5) is 7.06. The van der Waals surface area contributed by atoms with Crippen molar-refractivity contribution in [3.63, 3.8) is 0 Å². The van der Waals surface area contributed by atoms with Crippen molar-refractivity contribution in [3.8, 4) is 0 Å². The molecule has 358 valence electrons. The largest absolute Gasteiger partial charge is 0.341 e. The van der Waals surface area contributed by atoms with Gasteiger partial charge in [0.1, 0.15) is 0 Å². The minimum absolute atomic E-state index is 0.537. The molecular formula is C67H58N4S2. The first kappa shape index (κ1) is 47.4. The van der Waals surface area contributed by atoms with Crippen LogP contribution in [0.2, 0.25) is 0 Å². The lowest BCUT2D eigenvalue weighted by Crippen LogP contribution is -2.21. The smallest absolute Gasteiger partial charge is 0.0580 e. The summed E-state index contributed by atoms with van der Waals surface area (Å²) in [5.41, 5.74) is 14.9. The predicted octanol–water partition coefficient (Wildman–Crippen LogP) is 18.4. The van der Waals surface area contributed by atoms with E-state index in [1.165, 1.54) is 64.5 Å². The quantitative estimate of drug-likeness (QED) is 0.0708. The topological polar surface area (TPSA) is 16.3 Å². The van der Waals surface area contributed by atoms with Crippen molar-refractivity contribution >= 4 is 89.9 Å². The number of aromatic nitrogens is 2. The number of fused-ring (bicyclic) bond motifs is 6. The maximum Gasteiger partial charge on any atom is 0.0580 e. The first-order chi connectivity index (χ1) is 35.8. The van der Waals surface area contributed by atoms with Gasteiger partial charge in [0.2, 0.25) is 0 Å². The molecule has 0 aliphatic heterocycles. The fourth-order valence-corrected chi connectivity index (χ4v) is 11.8. The number of aryl methyl sites for hydroxylation is 2. The van der Waals surface area contributed by atoms with Crippen LogP contribution in [0.1, 0.15) is 25.0 Å². The molecule has 1 aliphatic carbocycles. The van der Waals surface area contributed by atoms with Crippen molar-refractivity contribution in [1.29, 1.82) is 0 Å². The third kappa shape index (κ3) is 8.75. The average molecular weight is 983 g/mol. The van der Waals surface area contributed by atoms with E-state index < -0.39 is 5.41 Å². The Bertz CT molecular complexity index is 3570. The number of thioether (sulfide) groups is 2. The Morgan fingerprint density at radius 2 is 0.781 bits per heavy atom. The van der Waals surface area contributed by atoms with Crippen molar-refractivity contribution in [2.75, 3.05) is 22.3 Å². The van der Waals surface area contributed by atoms with Gasteiger partial charge in [0.05, 0.1) is 5.41 Å². The van der Waals surface area contributed by atoms with Crippen LogP contribution in [0.3, 0.4) is 0 Å². The second-order valence-corrected chi connectivity index (χ2v) is 20.2.